The van der Waals surface area contributed by atoms with E-state index >= 15 is 0 Å². The minimum absolute atomic E-state index is 0.0239. The molecule has 1 saturated carbocycles. The van der Waals surface area contributed by atoms with Crippen LogP contribution in [0.3, 0.4) is 0 Å². The minimum Gasteiger partial charge on any atom is -0.381 e. The predicted molar refractivity (Wildman–Crippen MR) is 441 cm³/mol. The zero-order valence-electron chi connectivity index (χ0n) is 66.4. The molecule has 2 N–H and O–H groups in total. The standard InChI is InChI=1S/C30H32F2N8O2.C29H30F2N8O2.C27H26F2N8O/c1-42-25-10-12-37(13-11-25)26-18-27(34-20-33-26)38-14-16-39(17-15-38)28(41)19-40-30(22-4-8-24(32)9-5-22)35-29(36-40)21-2-6-23(31)7-3-21;30-22-5-1-20(2-6-22)28-35-29(21-3-7-23(31)8-4-21)39(36-28)18-27(40)38-13-11-37(12-14-38)26-17-25(32-19-33-26)34-24-9-15-41-16-10-24;28-20-5-1-18(2-6-20)26-33-27(19-3-7-21(29)8-4-19)37(34-26)16-25(38)36-13-11-35(12-14-36)24-15-23(30-17-31-24)32-22-9-10-22/h2-9,18,20,25H,10-17,19H2,1H3;1-8,17,19,24H,9-16,18H2,(H,32,33,34);1-8,15,17,22H,9-14,16H2,(H,30,31,32). The summed E-state index contributed by atoms with van der Waals surface area (Å²) in [5.41, 5.74) is 3.73. The van der Waals surface area contributed by atoms with E-state index in [4.69, 9.17) is 9.47 Å². The van der Waals surface area contributed by atoms with Crippen LogP contribution in [0.2, 0.25) is 0 Å². The molecule has 6 aromatic carbocycles. The largest absolute Gasteiger partial charge is 0.381 e. The number of hydrogen-bond donors (Lipinski definition) is 2. The van der Waals surface area contributed by atoms with Gasteiger partial charge in [-0.1, -0.05) is 0 Å². The first kappa shape index (κ1) is 81.4. The summed E-state index contributed by atoms with van der Waals surface area (Å²) in [6, 6.07) is 41.9. The molecule has 6 aromatic heterocycles. The number of nitrogens with zero attached hydrogens (tertiary/aromatic N) is 22. The molecule has 0 unspecified atom stereocenters. The molecule has 18 rings (SSSR count). The summed E-state index contributed by atoms with van der Waals surface area (Å²) in [6.45, 7) is 10.2. The number of ether oxygens (including phenoxy) is 2. The van der Waals surface area contributed by atoms with Gasteiger partial charge in [0.15, 0.2) is 34.9 Å². The van der Waals surface area contributed by atoms with Gasteiger partial charge in [-0.05, 0) is 184 Å². The molecule has 29 nitrogen and oxygen atoms in total. The lowest BCUT2D eigenvalue weighted by atomic mass is 10.1. The molecule has 0 bridgehead atoms. The van der Waals surface area contributed by atoms with Crippen LogP contribution < -0.4 is 30.2 Å². The fourth-order valence-corrected chi connectivity index (χ4v) is 14.9. The Morgan fingerprint density at radius 3 is 0.917 bits per heavy atom. The summed E-state index contributed by atoms with van der Waals surface area (Å²) >= 11 is 0. The van der Waals surface area contributed by atoms with Crippen LogP contribution in [0.15, 0.2) is 183 Å². The normalized spacial score (nSPS) is 16.0. The summed E-state index contributed by atoms with van der Waals surface area (Å²) in [5.74, 6) is 4.91. The number of methoxy groups -OCH3 is 1. The van der Waals surface area contributed by atoms with Gasteiger partial charge in [0.1, 0.15) is 108 Å². The minimum atomic E-state index is -0.373. The third-order valence-electron chi connectivity index (χ3n) is 21.9. The second-order valence-electron chi connectivity index (χ2n) is 30.0. The van der Waals surface area contributed by atoms with Crippen LogP contribution in [0.5, 0.6) is 0 Å². The zero-order chi connectivity index (χ0) is 83.3. The quantitative estimate of drug-likeness (QED) is 0.0632. The van der Waals surface area contributed by atoms with Crippen molar-refractivity contribution in [2.75, 3.05) is 142 Å². The Kier molecular flexibility index (Phi) is 25.4. The molecule has 624 valence electrons. The van der Waals surface area contributed by atoms with Gasteiger partial charge in [0.2, 0.25) is 17.7 Å². The summed E-state index contributed by atoms with van der Waals surface area (Å²) in [7, 11) is 1.76. The van der Waals surface area contributed by atoms with Gasteiger partial charge in [-0.2, -0.15) is 0 Å². The third kappa shape index (κ3) is 20.7. The number of carbonyl (C=O) groups excluding carboxylic acids is 3. The number of amides is 3. The molecule has 6 aliphatic rings. The third-order valence-corrected chi connectivity index (χ3v) is 21.9. The molecule has 6 fully saturated rings. The fraction of sp³-hybridized carbons (Fsp3) is 0.337. The van der Waals surface area contributed by atoms with E-state index in [0.717, 1.165) is 86.9 Å². The number of hydrogen-bond acceptors (Lipinski definition) is 23. The second-order valence-corrected chi connectivity index (χ2v) is 30.0. The van der Waals surface area contributed by atoms with Crippen molar-refractivity contribution in [1.82, 2.24) is 88.9 Å². The molecule has 5 aliphatic heterocycles. The molecule has 0 spiro atoms. The number of nitrogens with one attached hydrogen (secondary N) is 2. The van der Waals surface area contributed by atoms with Crippen molar-refractivity contribution in [3.63, 3.8) is 0 Å². The van der Waals surface area contributed by atoms with Crippen LogP contribution in [0.1, 0.15) is 38.5 Å². The maximum absolute atomic E-state index is 13.6. The molecular formula is C86H88F6N24O5. The second kappa shape index (κ2) is 37.7. The van der Waals surface area contributed by atoms with E-state index < -0.39 is 0 Å². The highest BCUT2D eigenvalue weighted by molar-refractivity contribution is 5.79. The SMILES string of the molecule is COC1CCN(c2cc(N3CCN(C(=O)Cn4nc(-c5ccc(F)cc5)nc4-c4ccc(F)cc4)CC3)ncn2)CC1.O=C(Cn1nc(-c2ccc(F)cc2)nc1-c1ccc(F)cc1)N1CCN(c2cc(NC3CC3)ncn2)CC1.O=C(Cn1nc(-c2ccc(F)cc2)nc1-c1ccc(F)cc1)N1CCN(c2cc(NC3CCOCC3)ncn2)CC1. The van der Waals surface area contributed by atoms with Gasteiger partial charge in [0, 0.05) is 176 Å². The number of piperidine rings is 1. The van der Waals surface area contributed by atoms with Crippen molar-refractivity contribution in [1.29, 1.82) is 0 Å². The Labute approximate surface area is 693 Å². The highest BCUT2D eigenvalue weighted by Gasteiger charge is 2.31. The summed E-state index contributed by atoms with van der Waals surface area (Å²) in [5, 5.41) is 20.6. The summed E-state index contributed by atoms with van der Waals surface area (Å²) < 4.78 is 96.6. The van der Waals surface area contributed by atoms with Crippen molar-refractivity contribution in [2.45, 2.75) is 76.3 Å². The number of piperazine rings is 3. The molecule has 12 aromatic rings. The average molecular weight is 1650 g/mol. The van der Waals surface area contributed by atoms with Crippen molar-refractivity contribution in [3.05, 3.63) is 218 Å². The Bertz CT molecular complexity index is 5500. The van der Waals surface area contributed by atoms with E-state index in [0.29, 0.717) is 165 Å². The molecular weight excluding hydrogens is 1560 g/mol. The predicted octanol–water partition coefficient (Wildman–Crippen LogP) is 10.9. The molecule has 35 heteroatoms. The van der Waals surface area contributed by atoms with Gasteiger partial charge in [0.05, 0.1) is 6.10 Å². The monoisotopic (exact) mass is 1650 g/mol. The van der Waals surface area contributed by atoms with Crippen LogP contribution in [0.25, 0.3) is 68.3 Å². The molecule has 121 heavy (non-hydrogen) atoms. The molecule has 11 heterocycles. The lowest BCUT2D eigenvalue weighted by Gasteiger charge is -2.36. The highest BCUT2D eigenvalue weighted by atomic mass is 19.1. The summed E-state index contributed by atoms with van der Waals surface area (Å²) in [6.07, 6.45) is 11.2. The van der Waals surface area contributed by atoms with Gasteiger partial charge in [-0.15, -0.1) is 15.3 Å². The van der Waals surface area contributed by atoms with Gasteiger partial charge >= 0.3 is 0 Å². The van der Waals surface area contributed by atoms with Crippen molar-refractivity contribution in [2.24, 2.45) is 0 Å². The number of aromatic nitrogens is 15. The Morgan fingerprint density at radius 1 is 0.347 bits per heavy atom. The van der Waals surface area contributed by atoms with E-state index in [1.807, 2.05) is 23.1 Å². The lowest BCUT2D eigenvalue weighted by molar-refractivity contribution is -0.133. The maximum atomic E-state index is 13.6. The van der Waals surface area contributed by atoms with Gasteiger partial charge in [-0.25, -0.2) is 85.2 Å². The number of rotatable bonds is 21. The number of carbonyl (C=O) groups is 3. The van der Waals surface area contributed by atoms with Crippen molar-refractivity contribution in [3.8, 4) is 68.3 Å². The number of halogens is 6. The first-order valence-electron chi connectivity index (χ1n) is 40.3. The van der Waals surface area contributed by atoms with Crippen molar-refractivity contribution < 1.29 is 50.2 Å². The number of anilines is 6. The smallest absolute Gasteiger partial charge is 0.244 e. The Hall–Kier alpha value is -13.3. The maximum Gasteiger partial charge on any atom is 0.244 e. The van der Waals surface area contributed by atoms with Gasteiger partial charge < -0.3 is 54.4 Å². The molecule has 1 aliphatic carbocycles. The van der Waals surface area contributed by atoms with E-state index in [9.17, 15) is 40.7 Å². The highest BCUT2D eigenvalue weighted by Crippen LogP contribution is 2.32. The van der Waals surface area contributed by atoms with Crippen LogP contribution in [-0.2, 0) is 43.5 Å². The van der Waals surface area contributed by atoms with E-state index in [1.165, 1.54) is 99.7 Å². The Morgan fingerprint density at radius 2 is 0.620 bits per heavy atom. The van der Waals surface area contributed by atoms with E-state index in [-0.39, 0.29) is 72.3 Å². The molecule has 3 amide bonds. The zero-order valence-corrected chi connectivity index (χ0v) is 66.4. The van der Waals surface area contributed by atoms with Crippen LogP contribution >= 0.6 is 0 Å². The van der Waals surface area contributed by atoms with E-state index in [2.05, 4.69) is 90.4 Å². The topological polar surface area (TPSA) is 286 Å². The summed E-state index contributed by atoms with van der Waals surface area (Å²) in [4.78, 5) is 94.6. The van der Waals surface area contributed by atoms with Gasteiger partial charge in [0.25, 0.3) is 0 Å². The molecule has 0 radical (unpaired) electrons. The lowest BCUT2D eigenvalue weighted by Crippen LogP contribution is -2.50. The first-order chi connectivity index (χ1) is 59.0. The van der Waals surface area contributed by atoms with Gasteiger partial charge in [-0.3, -0.25) is 14.4 Å². The van der Waals surface area contributed by atoms with Crippen LogP contribution in [0.4, 0.5) is 61.2 Å². The van der Waals surface area contributed by atoms with Crippen molar-refractivity contribution >= 4 is 52.6 Å². The first-order valence-corrected chi connectivity index (χ1v) is 40.3. The Balaban J connectivity index is 0.000000135. The molecule has 5 saturated heterocycles. The van der Waals surface area contributed by atoms with E-state index in [1.54, 1.807) is 109 Å². The number of benzene rings is 6. The average Bonchev–Trinajstić information content (AvgIpc) is 1.66. The fourth-order valence-electron chi connectivity index (χ4n) is 14.9. The van der Waals surface area contributed by atoms with Crippen LogP contribution in [0, 0.1) is 34.9 Å². The molecule has 0 atom stereocenters. The van der Waals surface area contributed by atoms with Crippen LogP contribution in [-0.4, -0.2) is 237 Å².